The lowest BCUT2D eigenvalue weighted by Crippen LogP contribution is -2.32. The zero-order valence-corrected chi connectivity index (χ0v) is 12.4. The summed E-state index contributed by atoms with van der Waals surface area (Å²) in [7, 11) is 0. The van der Waals surface area contributed by atoms with Gasteiger partial charge < -0.3 is 10.6 Å². The van der Waals surface area contributed by atoms with Gasteiger partial charge >= 0.3 is 0 Å². The molecule has 0 spiro atoms. The second-order valence-corrected chi connectivity index (χ2v) is 5.54. The molecular formula is C16H13N3O2S. The Morgan fingerprint density at radius 1 is 1.09 bits per heavy atom. The van der Waals surface area contributed by atoms with Crippen molar-refractivity contribution in [2.75, 3.05) is 11.9 Å². The maximum Gasteiger partial charge on any atom is 0.263 e. The number of hydrogen-bond acceptors (Lipinski definition) is 4. The largest absolute Gasteiger partial charge is 0.342 e. The predicted molar refractivity (Wildman–Crippen MR) is 87.0 cm³/mol. The lowest BCUT2D eigenvalue weighted by Gasteiger charge is -2.07. The van der Waals surface area contributed by atoms with Gasteiger partial charge in [-0.2, -0.15) is 0 Å². The van der Waals surface area contributed by atoms with Crippen LogP contribution in [0.15, 0.2) is 54.2 Å². The van der Waals surface area contributed by atoms with Crippen LogP contribution in [-0.2, 0) is 4.79 Å². The van der Waals surface area contributed by atoms with Gasteiger partial charge in [-0.3, -0.25) is 14.6 Å². The van der Waals surface area contributed by atoms with Gasteiger partial charge in [0, 0.05) is 5.69 Å². The van der Waals surface area contributed by atoms with Crippen molar-refractivity contribution in [3.8, 4) is 0 Å². The Labute approximate surface area is 131 Å². The summed E-state index contributed by atoms with van der Waals surface area (Å²) < 4.78 is 0. The normalized spacial score (nSPS) is 10.4. The van der Waals surface area contributed by atoms with Crippen molar-refractivity contribution >= 4 is 39.6 Å². The average Bonchev–Trinajstić information content (AvgIpc) is 3.07. The van der Waals surface area contributed by atoms with Gasteiger partial charge in [0.25, 0.3) is 5.91 Å². The summed E-state index contributed by atoms with van der Waals surface area (Å²) in [6.07, 6.45) is 1.47. The summed E-state index contributed by atoms with van der Waals surface area (Å²) in [5.41, 5.74) is 2.28. The van der Waals surface area contributed by atoms with E-state index < -0.39 is 0 Å². The second kappa shape index (κ2) is 6.36. The molecule has 0 aliphatic rings. The number of carbonyl (C=O) groups excluding carboxylic acids is 2. The Morgan fingerprint density at radius 2 is 1.91 bits per heavy atom. The third-order valence-electron chi connectivity index (χ3n) is 3.10. The van der Waals surface area contributed by atoms with E-state index in [1.165, 1.54) is 17.5 Å². The molecule has 110 valence electrons. The minimum Gasteiger partial charge on any atom is -0.342 e. The molecule has 0 atom stereocenters. The van der Waals surface area contributed by atoms with Crippen molar-refractivity contribution in [3.63, 3.8) is 0 Å². The molecule has 2 N–H and O–H groups in total. The lowest BCUT2D eigenvalue weighted by atomic mass is 10.1. The van der Waals surface area contributed by atoms with Gasteiger partial charge in [0.2, 0.25) is 5.91 Å². The van der Waals surface area contributed by atoms with Crippen LogP contribution in [-0.4, -0.2) is 23.3 Å². The number of anilines is 1. The highest BCUT2D eigenvalue weighted by Gasteiger charge is 2.09. The van der Waals surface area contributed by atoms with E-state index in [1.807, 2.05) is 42.5 Å². The van der Waals surface area contributed by atoms with E-state index in [2.05, 4.69) is 15.6 Å². The molecule has 0 bridgehead atoms. The molecule has 0 radical (unpaired) electrons. The van der Waals surface area contributed by atoms with Gasteiger partial charge in [-0.25, -0.2) is 0 Å². The maximum absolute atomic E-state index is 11.9. The molecular weight excluding hydrogens is 298 g/mol. The zero-order valence-electron chi connectivity index (χ0n) is 11.6. The quantitative estimate of drug-likeness (QED) is 0.778. The summed E-state index contributed by atoms with van der Waals surface area (Å²) >= 11 is 1.23. The van der Waals surface area contributed by atoms with E-state index >= 15 is 0 Å². The third-order valence-corrected chi connectivity index (χ3v) is 3.87. The first-order valence-electron chi connectivity index (χ1n) is 6.68. The topological polar surface area (TPSA) is 71.1 Å². The Bertz CT molecular complexity index is 815. The summed E-state index contributed by atoms with van der Waals surface area (Å²) in [6, 6.07) is 13.6. The highest BCUT2D eigenvalue weighted by Crippen LogP contribution is 2.18. The predicted octanol–water partition coefficient (Wildman–Crippen LogP) is 2.66. The highest BCUT2D eigenvalue weighted by atomic mass is 32.1. The van der Waals surface area contributed by atoms with Crippen LogP contribution in [0.5, 0.6) is 0 Å². The molecule has 3 rings (SSSR count). The van der Waals surface area contributed by atoms with Crippen molar-refractivity contribution in [3.05, 3.63) is 59.0 Å². The number of aromatic nitrogens is 1. The molecule has 0 saturated heterocycles. The van der Waals surface area contributed by atoms with Crippen molar-refractivity contribution in [2.24, 2.45) is 0 Å². The first kappa shape index (κ1) is 14.2. The molecule has 22 heavy (non-hydrogen) atoms. The van der Waals surface area contributed by atoms with Crippen LogP contribution in [0.2, 0.25) is 0 Å². The fourth-order valence-electron chi connectivity index (χ4n) is 2.05. The molecule has 5 nitrogen and oxygen atoms in total. The number of carbonyl (C=O) groups is 2. The molecule has 1 heterocycles. The van der Waals surface area contributed by atoms with Crippen molar-refractivity contribution in [1.29, 1.82) is 0 Å². The van der Waals surface area contributed by atoms with Gasteiger partial charge in [0.05, 0.1) is 18.3 Å². The van der Waals surface area contributed by atoms with Crippen molar-refractivity contribution in [1.82, 2.24) is 10.3 Å². The van der Waals surface area contributed by atoms with Gasteiger partial charge in [0.15, 0.2) is 0 Å². The zero-order chi connectivity index (χ0) is 15.4. The van der Waals surface area contributed by atoms with Gasteiger partial charge in [-0.05, 0) is 22.9 Å². The molecule has 0 fully saturated rings. The molecule has 0 saturated carbocycles. The summed E-state index contributed by atoms with van der Waals surface area (Å²) in [6.45, 7) is -0.0798. The molecule has 1 aromatic heterocycles. The fourth-order valence-corrected chi connectivity index (χ4v) is 2.58. The Hall–Kier alpha value is -2.73. The van der Waals surface area contributed by atoms with Crippen molar-refractivity contribution in [2.45, 2.75) is 0 Å². The standard InChI is InChI=1S/C16H13N3O2S/c20-15(9-18-16(21)14-8-17-10-22-14)19-13-6-5-11-3-1-2-4-12(11)7-13/h1-8,10H,9H2,(H,18,21)(H,19,20). The van der Waals surface area contributed by atoms with Crippen LogP contribution in [0.25, 0.3) is 10.8 Å². The summed E-state index contributed by atoms with van der Waals surface area (Å²) in [5, 5.41) is 7.49. The number of hydrogen-bond donors (Lipinski definition) is 2. The minimum atomic E-state index is -0.295. The number of fused-ring (bicyclic) bond motifs is 1. The van der Waals surface area contributed by atoms with Crippen LogP contribution < -0.4 is 10.6 Å². The Balaban J connectivity index is 1.59. The molecule has 0 aliphatic carbocycles. The van der Waals surface area contributed by atoms with Crippen LogP contribution in [0.4, 0.5) is 5.69 Å². The van der Waals surface area contributed by atoms with E-state index in [-0.39, 0.29) is 18.4 Å². The minimum absolute atomic E-state index is 0.0798. The van der Waals surface area contributed by atoms with E-state index in [1.54, 1.807) is 5.51 Å². The first-order valence-corrected chi connectivity index (χ1v) is 7.56. The van der Waals surface area contributed by atoms with Gasteiger partial charge in [0.1, 0.15) is 4.88 Å². The van der Waals surface area contributed by atoms with Crippen LogP contribution in [0.3, 0.4) is 0 Å². The molecule has 2 amide bonds. The molecule has 6 heteroatoms. The number of benzene rings is 2. The van der Waals surface area contributed by atoms with E-state index in [0.29, 0.717) is 10.6 Å². The highest BCUT2D eigenvalue weighted by molar-refractivity contribution is 7.11. The maximum atomic E-state index is 11.9. The summed E-state index contributed by atoms with van der Waals surface area (Å²) in [4.78, 5) is 27.9. The second-order valence-electron chi connectivity index (χ2n) is 4.66. The van der Waals surface area contributed by atoms with Crippen LogP contribution >= 0.6 is 11.3 Å². The van der Waals surface area contributed by atoms with E-state index in [9.17, 15) is 9.59 Å². The molecule has 0 aliphatic heterocycles. The number of nitrogens with zero attached hydrogens (tertiary/aromatic N) is 1. The number of amides is 2. The smallest absolute Gasteiger partial charge is 0.263 e. The van der Waals surface area contributed by atoms with Crippen LogP contribution in [0.1, 0.15) is 9.67 Å². The van der Waals surface area contributed by atoms with Crippen LogP contribution in [0, 0.1) is 0 Å². The average molecular weight is 311 g/mol. The number of thiazole rings is 1. The summed E-state index contributed by atoms with van der Waals surface area (Å²) in [5.74, 6) is -0.565. The van der Waals surface area contributed by atoms with E-state index in [4.69, 9.17) is 0 Å². The first-order chi connectivity index (χ1) is 10.7. The SMILES string of the molecule is O=C(CNC(=O)c1cncs1)Nc1ccc2ccccc2c1. The molecule has 3 aromatic rings. The fraction of sp³-hybridized carbons (Fsp3) is 0.0625. The van der Waals surface area contributed by atoms with Gasteiger partial charge in [-0.1, -0.05) is 30.3 Å². The van der Waals surface area contributed by atoms with Gasteiger partial charge in [-0.15, -0.1) is 11.3 Å². The third kappa shape index (κ3) is 3.29. The Morgan fingerprint density at radius 3 is 2.68 bits per heavy atom. The van der Waals surface area contributed by atoms with Crippen molar-refractivity contribution < 1.29 is 9.59 Å². The lowest BCUT2D eigenvalue weighted by molar-refractivity contribution is -0.115. The van der Waals surface area contributed by atoms with E-state index in [0.717, 1.165) is 10.8 Å². The molecule has 0 unspecified atom stereocenters. The monoisotopic (exact) mass is 311 g/mol. The molecule has 2 aromatic carbocycles. The Kier molecular flexibility index (Phi) is 4.11. The number of rotatable bonds is 4. The number of nitrogens with one attached hydrogen (secondary N) is 2.